The van der Waals surface area contributed by atoms with Crippen molar-refractivity contribution in [3.05, 3.63) is 70.0 Å². The van der Waals surface area contributed by atoms with Crippen molar-refractivity contribution >= 4 is 23.0 Å². The number of rotatable bonds is 3. The zero-order valence-corrected chi connectivity index (χ0v) is 13.5. The number of hydrogen-bond donors (Lipinski definition) is 1. The van der Waals surface area contributed by atoms with Gasteiger partial charge >= 0.3 is 0 Å². The highest BCUT2D eigenvalue weighted by Crippen LogP contribution is 2.13. The predicted octanol–water partition coefficient (Wildman–Crippen LogP) is 2.58. The summed E-state index contributed by atoms with van der Waals surface area (Å²) in [5.41, 5.74) is 1.05. The normalized spacial score (nSPS) is 11.5. The Morgan fingerprint density at radius 1 is 1.08 bits per heavy atom. The predicted molar refractivity (Wildman–Crippen MR) is 89.4 cm³/mol. The fourth-order valence-corrected chi connectivity index (χ4v) is 2.79. The lowest BCUT2D eigenvalue weighted by Crippen LogP contribution is -2.16. The molecule has 0 aliphatic carbocycles. The first kappa shape index (κ1) is 15.8. The van der Waals surface area contributed by atoms with Crippen molar-refractivity contribution in [1.82, 2.24) is 9.78 Å². The first-order valence-corrected chi connectivity index (χ1v) is 7.91. The minimum absolute atomic E-state index is 0.111. The van der Waals surface area contributed by atoms with Crippen molar-refractivity contribution in [1.29, 1.82) is 0 Å². The number of Topliss-reactive ketones (excluding diaryl/α,β-unsaturated/α-hetero) is 1. The third-order valence-electron chi connectivity index (χ3n) is 3.17. The van der Waals surface area contributed by atoms with E-state index in [4.69, 9.17) is 0 Å². The third-order valence-corrected chi connectivity index (χ3v) is 4.18. The molecule has 7 heteroatoms. The molecule has 0 aliphatic heterocycles. The summed E-state index contributed by atoms with van der Waals surface area (Å²) in [5, 5.41) is 13.9. The minimum atomic E-state index is -0.415. The van der Waals surface area contributed by atoms with E-state index in [0.717, 1.165) is 11.3 Å². The molecule has 3 aromatic rings. The average Bonchev–Trinajstić information content (AvgIpc) is 3.00. The summed E-state index contributed by atoms with van der Waals surface area (Å²) >= 11 is 1.04. The Morgan fingerprint density at radius 3 is 2.38 bits per heavy atom. The number of benzene rings is 2. The largest absolute Gasteiger partial charge is 0.508 e. The van der Waals surface area contributed by atoms with E-state index in [1.165, 1.54) is 23.7 Å². The van der Waals surface area contributed by atoms with Crippen molar-refractivity contribution in [2.24, 2.45) is 4.99 Å². The zero-order chi connectivity index (χ0) is 17.1. The van der Waals surface area contributed by atoms with Crippen molar-refractivity contribution in [2.45, 2.75) is 6.92 Å². The topological polar surface area (TPSA) is 84.6 Å². The van der Waals surface area contributed by atoms with Gasteiger partial charge in [-0.05, 0) is 36.4 Å². The molecule has 0 saturated carbocycles. The maximum Gasteiger partial charge on any atom is 0.279 e. The van der Waals surface area contributed by atoms with Gasteiger partial charge in [0.05, 0.1) is 5.69 Å². The summed E-state index contributed by atoms with van der Waals surface area (Å²) < 4.78 is 1.42. The molecule has 6 nitrogen and oxygen atoms in total. The van der Waals surface area contributed by atoms with E-state index in [1.54, 1.807) is 36.4 Å². The smallest absolute Gasteiger partial charge is 0.279 e. The summed E-state index contributed by atoms with van der Waals surface area (Å²) in [7, 11) is 0. The van der Waals surface area contributed by atoms with E-state index in [9.17, 15) is 14.7 Å². The number of aromatic nitrogens is 2. The second-order valence-electron chi connectivity index (χ2n) is 4.96. The molecule has 0 saturated heterocycles. The molecule has 120 valence electrons. The molecule has 1 heterocycles. The molecule has 3 rings (SSSR count). The van der Waals surface area contributed by atoms with Crippen LogP contribution in [-0.4, -0.2) is 26.6 Å². The Kier molecular flexibility index (Phi) is 4.35. The standard InChI is InChI=1S/C17H13N3O3S/c1-11(21)16-19-20(13-7-9-14(22)10-8-13)17(24-16)18-15(23)12-5-3-2-4-6-12/h2-10,22H,1H3. The van der Waals surface area contributed by atoms with Crippen LogP contribution < -0.4 is 4.80 Å². The monoisotopic (exact) mass is 339 g/mol. The molecule has 1 amide bonds. The van der Waals surface area contributed by atoms with Crippen LogP contribution in [0, 0.1) is 0 Å². The molecule has 0 aliphatic rings. The second kappa shape index (κ2) is 6.59. The summed E-state index contributed by atoms with van der Waals surface area (Å²) in [5.74, 6) is -0.511. The molecule has 0 radical (unpaired) electrons. The van der Waals surface area contributed by atoms with Gasteiger partial charge in [-0.25, -0.2) is 4.68 Å². The first-order chi connectivity index (χ1) is 11.5. The van der Waals surface area contributed by atoms with E-state index in [2.05, 4.69) is 10.1 Å². The lowest BCUT2D eigenvalue weighted by atomic mass is 10.2. The summed E-state index contributed by atoms with van der Waals surface area (Å²) in [6.07, 6.45) is 0. The highest BCUT2D eigenvalue weighted by atomic mass is 32.1. The SMILES string of the molecule is CC(=O)c1nn(-c2ccc(O)cc2)c(=NC(=O)c2ccccc2)s1. The number of nitrogens with zero attached hydrogens (tertiary/aromatic N) is 3. The molecule has 2 aromatic carbocycles. The maximum absolute atomic E-state index is 12.3. The number of aromatic hydroxyl groups is 1. The van der Waals surface area contributed by atoms with E-state index in [0.29, 0.717) is 16.1 Å². The van der Waals surface area contributed by atoms with Gasteiger partial charge in [-0.2, -0.15) is 10.1 Å². The van der Waals surface area contributed by atoms with Crippen LogP contribution in [-0.2, 0) is 0 Å². The molecule has 24 heavy (non-hydrogen) atoms. The Morgan fingerprint density at radius 2 is 1.75 bits per heavy atom. The van der Waals surface area contributed by atoms with Gasteiger partial charge in [0.2, 0.25) is 4.80 Å². The molecular weight excluding hydrogens is 326 g/mol. The van der Waals surface area contributed by atoms with Crippen LogP contribution in [0.15, 0.2) is 59.6 Å². The van der Waals surface area contributed by atoms with Crippen LogP contribution in [0.5, 0.6) is 5.75 Å². The van der Waals surface area contributed by atoms with Gasteiger partial charge in [0.1, 0.15) is 5.75 Å². The maximum atomic E-state index is 12.3. The quantitative estimate of drug-likeness (QED) is 0.743. The fourth-order valence-electron chi connectivity index (χ4n) is 1.99. The third kappa shape index (κ3) is 3.31. The lowest BCUT2D eigenvalue weighted by Gasteiger charge is -2.01. The highest BCUT2D eigenvalue weighted by Gasteiger charge is 2.12. The Bertz CT molecular complexity index is 957. The molecule has 0 bridgehead atoms. The fraction of sp³-hybridized carbons (Fsp3) is 0.0588. The Balaban J connectivity index is 2.12. The van der Waals surface area contributed by atoms with E-state index >= 15 is 0 Å². The van der Waals surface area contributed by atoms with E-state index in [-0.39, 0.29) is 16.5 Å². The number of phenols is 1. The summed E-state index contributed by atoms with van der Waals surface area (Å²) in [6, 6.07) is 14.9. The molecule has 0 fully saturated rings. The lowest BCUT2D eigenvalue weighted by molar-refractivity contribution is 0.0994. The van der Waals surface area contributed by atoms with E-state index < -0.39 is 5.91 Å². The van der Waals surface area contributed by atoms with E-state index in [1.807, 2.05) is 6.07 Å². The molecule has 1 N–H and O–H groups in total. The van der Waals surface area contributed by atoms with Crippen molar-refractivity contribution in [2.75, 3.05) is 0 Å². The van der Waals surface area contributed by atoms with Gasteiger partial charge < -0.3 is 5.11 Å². The van der Waals surface area contributed by atoms with Gasteiger partial charge in [-0.1, -0.05) is 29.5 Å². The minimum Gasteiger partial charge on any atom is -0.508 e. The van der Waals surface area contributed by atoms with Gasteiger partial charge in [0.15, 0.2) is 10.8 Å². The van der Waals surface area contributed by atoms with Crippen molar-refractivity contribution < 1.29 is 14.7 Å². The van der Waals surface area contributed by atoms with Gasteiger partial charge in [0.25, 0.3) is 5.91 Å². The van der Waals surface area contributed by atoms with Crippen molar-refractivity contribution in [3.63, 3.8) is 0 Å². The van der Waals surface area contributed by atoms with Crippen LogP contribution in [0.3, 0.4) is 0 Å². The van der Waals surface area contributed by atoms with Crippen LogP contribution in [0.4, 0.5) is 0 Å². The molecule has 0 atom stereocenters. The first-order valence-electron chi connectivity index (χ1n) is 7.09. The number of carbonyl (C=O) groups is 2. The highest BCUT2D eigenvalue weighted by molar-refractivity contribution is 7.11. The van der Waals surface area contributed by atoms with Gasteiger partial charge in [-0.15, -0.1) is 0 Å². The summed E-state index contributed by atoms with van der Waals surface area (Å²) in [4.78, 5) is 28.3. The molecular formula is C17H13N3O3S. The zero-order valence-electron chi connectivity index (χ0n) is 12.7. The number of phenolic OH excluding ortho intramolecular Hbond substituents is 1. The Labute approximate surface area is 141 Å². The van der Waals surface area contributed by atoms with Gasteiger partial charge in [0, 0.05) is 12.5 Å². The Hall–Kier alpha value is -3.06. The van der Waals surface area contributed by atoms with Crippen LogP contribution in [0.2, 0.25) is 0 Å². The number of amides is 1. The average molecular weight is 339 g/mol. The number of ketones is 1. The second-order valence-corrected chi connectivity index (χ2v) is 5.91. The number of hydrogen-bond acceptors (Lipinski definition) is 5. The van der Waals surface area contributed by atoms with Crippen molar-refractivity contribution in [3.8, 4) is 11.4 Å². The molecule has 0 unspecified atom stereocenters. The number of carbonyl (C=O) groups excluding carboxylic acids is 2. The van der Waals surface area contributed by atoms with Crippen LogP contribution in [0.25, 0.3) is 5.69 Å². The molecule has 1 aromatic heterocycles. The van der Waals surface area contributed by atoms with Gasteiger partial charge in [-0.3, -0.25) is 9.59 Å². The van der Waals surface area contributed by atoms with Crippen LogP contribution >= 0.6 is 11.3 Å². The summed E-state index contributed by atoms with van der Waals surface area (Å²) in [6.45, 7) is 1.41. The molecule has 0 spiro atoms. The van der Waals surface area contributed by atoms with Crippen LogP contribution in [0.1, 0.15) is 27.1 Å².